The van der Waals surface area contributed by atoms with Gasteiger partial charge in [0.2, 0.25) is 5.91 Å². The van der Waals surface area contributed by atoms with E-state index in [0.717, 1.165) is 16.3 Å². The van der Waals surface area contributed by atoms with Crippen LogP contribution >= 0.6 is 11.6 Å². The monoisotopic (exact) mass is 377 g/mol. The van der Waals surface area contributed by atoms with Gasteiger partial charge in [-0.1, -0.05) is 17.7 Å². The first-order chi connectivity index (χ1) is 11.1. The molecule has 0 unspecified atom stereocenters. The maximum atomic E-state index is 13.8. The Balaban J connectivity index is 2.14. The number of nitrogens with zero attached hydrogens (tertiary/aromatic N) is 3. The third-order valence-electron chi connectivity index (χ3n) is 3.92. The predicted molar refractivity (Wildman–Crippen MR) is 85.7 cm³/mol. The summed E-state index contributed by atoms with van der Waals surface area (Å²) < 4.78 is 39.4. The average Bonchev–Trinajstić information content (AvgIpc) is 2.65. The van der Waals surface area contributed by atoms with E-state index in [0.29, 0.717) is 4.31 Å². The second-order valence-electron chi connectivity index (χ2n) is 5.48. The number of rotatable bonds is 4. The number of likely N-dealkylation sites (N-methyl/N-ethyl adjacent to an activating group) is 2. The van der Waals surface area contributed by atoms with Gasteiger partial charge in [-0.2, -0.15) is 12.7 Å². The maximum Gasteiger partial charge on any atom is 0.307 e. The van der Waals surface area contributed by atoms with E-state index in [1.54, 1.807) is 0 Å². The van der Waals surface area contributed by atoms with E-state index in [2.05, 4.69) is 0 Å². The lowest BCUT2D eigenvalue weighted by atomic mass is 10.2. The largest absolute Gasteiger partial charge is 0.340 e. The normalized spacial score (nSPS) is 20.5. The van der Waals surface area contributed by atoms with Gasteiger partial charge in [0, 0.05) is 31.2 Å². The van der Waals surface area contributed by atoms with Crippen LogP contribution in [0.25, 0.3) is 0 Å². The fourth-order valence-corrected chi connectivity index (χ4v) is 4.02. The molecule has 1 atom stereocenters. The predicted octanol–water partition coefficient (Wildman–Crippen LogP) is 0.845. The molecule has 0 aromatic heterocycles. The number of halogens is 2. The molecule has 1 fully saturated rings. The Morgan fingerprint density at radius 3 is 2.54 bits per heavy atom. The van der Waals surface area contributed by atoms with E-state index < -0.39 is 40.4 Å². The molecular formula is C14H17ClFN3O4S. The highest BCUT2D eigenvalue weighted by atomic mass is 35.5. The minimum absolute atomic E-state index is 0.115. The van der Waals surface area contributed by atoms with Crippen LogP contribution in [0.4, 0.5) is 4.39 Å². The van der Waals surface area contributed by atoms with Crippen LogP contribution in [-0.2, 0) is 26.3 Å². The molecule has 0 N–H and O–H groups in total. The van der Waals surface area contributed by atoms with Crippen molar-refractivity contribution in [1.82, 2.24) is 13.5 Å². The summed E-state index contributed by atoms with van der Waals surface area (Å²) in [6.07, 6.45) is 0. The number of amides is 2. The zero-order chi connectivity index (χ0) is 18.2. The number of carbonyl (C=O) groups excluding carboxylic acids is 2. The molecule has 7 nitrogen and oxygen atoms in total. The zero-order valence-corrected chi connectivity index (χ0v) is 14.9. The highest BCUT2D eigenvalue weighted by Gasteiger charge is 2.47. The van der Waals surface area contributed by atoms with Crippen molar-refractivity contribution in [2.45, 2.75) is 19.5 Å². The van der Waals surface area contributed by atoms with Gasteiger partial charge < -0.3 is 4.90 Å². The molecule has 1 heterocycles. The molecule has 0 saturated carbocycles. The van der Waals surface area contributed by atoms with E-state index in [1.165, 1.54) is 32.2 Å². The Bertz CT molecular complexity index is 766. The SMILES string of the molecule is C[C@H]1C(=O)N(C)S(=O)(=O)N1CC(=O)N(C)Cc1c(F)cccc1Cl. The van der Waals surface area contributed by atoms with Crippen molar-refractivity contribution >= 4 is 33.6 Å². The van der Waals surface area contributed by atoms with E-state index >= 15 is 0 Å². The molecule has 1 aromatic carbocycles. The van der Waals surface area contributed by atoms with Crippen LogP contribution in [0.1, 0.15) is 12.5 Å². The van der Waals surface area contributed by atoms with E-state index in [1.807, 2.05) is 0 Å². The highest BCUT2D eigenvalue weighted by Crippen LogP contribution is 2.23. The van der Waals surface area contributed by atoms with Gasteiger partial charge in [0.15, 0.2) is 0 Å². The average molecular weight is 378 g/mol. The summed E-state index contributed by atoms with van der Waals surface area (Å²) >= 11 is 5.92. The van der Waals surface area contributed by atoms with Gasteiger partial charge in [-0.3, -0.25) is 9.59 Å². The van der Waals surface area contributed by atoms with Gasteiger partial charge in [0.1, 0.15) is 11.9 Å². The van der Waals surface area contributed by atoms with Crippen LogP contribution in [0.3, 0.4) is 0 Å². The molecular weight excluding hydrogens is 361 g/mol. The molecule has 1 aliphatic heterocycles. The summed E-state index contributed by atoms with van der Waals surface area (Å²) in [4.78, 5) is 25.2. The Kier molecular flexibility index (Phi) is 5.17. The molecule has 0 radical (unpaired) electrons. The van der Waals surface area contributed by atoms with Crippen LogP contribution in [0, 0.1) is 5.82 Å². The van der Waals surface area contributed by atoms with Crippen molar-refractivity contribution in [3.8, 4) is 0 Å². The van der Waals surface area contributed by atoms with Crippen LogP contribution in [0.5, 0.6) is 0 Å². The minimum Gasteiger partial charge on any atom is -0.340 e. The van der Waals surface area contributed by atoms with E-state index in [-0.39, 0.29) is 17.1 Å². The second-order valence-corrected chi connectivity index (χ2v) is 7.80. The summed E-state index contributed by atoms with van der Waals surface area (Å²) in [6, 6.07) is 3.21. The van der Waals surface area contributed by atoms with Gasteiger partial charge in [0.05, 0.1) is 6.54 Å². The van der Waals surface area contributed by atoms with Crippen LogP contribution in [-0.4, -0.2) is 60.4 Å². The summed E-state index contributed by atoms with van der Waals surface area (Å²) in [5.74, 6) is -1.74. The number of hydrogen-bond acceptors (Lipinski definition) is 4. The van der Waals surface area contributed by atoms with Gasteiger partial charge in [-0.15, -0.1) is 0 Å². The third kappa shape index (κ3) is 3.24. The first-order valence-corrected chi connectivity index (χ1v) is 8.81. The number of hydrogen-bond donors (Lipinski definition) is 0. The zero-order valence-electron chi connectivity index (χ0n) is 13.4. The second kappa shape index (κ2) is 6.66. The Morgan fingerprint density at radius 2 is 2.04 bits per heavy atom. The van der Waals surface area contributed by atoms with Crippen LogP contribution < -0.4 is 0 Å². The summed E-state index contributed by atoms with van der Waals surface area (Å²) in [7, 11) is -1.47. The third-order valence-corrected chi connectivity index (χ3v) is 6.18. The van der Waals surface area contributed by atoms with Gasteiger partial charge in [-0.05, 0) is 19.1 Å². The van der Waals surface area contributed by atoms with Crippen molar-refractivity contribution in [3.05, 3.63) is 34.6 Å². The number of carbonyl (C=O) groups is 2. The first kappa shape index (κ1) is 18.6. The smallest absolute Gasteiger partial charge is 0.307 e. The molecule has 132 valence electrons. The molecule has 2 amide bonds. The molecule has 0 aliphatic carbocycles. The fourth-order valence-electron chi connectivity index (χ4n) is 2.34. The molecule has 10 heteroatoms. The first-order valence-electron chi connectivity index (χ1n) is 7.03. The number of benzene rings is 1. The molecule has 1 aromatic rings. The van der Waals surface area contributed by atoms with Crippen LogP contribution in [0.2, 0.25) is 5.02 Å². The molecule has 0 bridgehead atoms. The van der Waals surface area contributed by atoms with Crippen molar-refractivity contribution in [2.75, 3.05) is 20.6 Å². The standard InChI is InChI=1S/C14H17ClFN3O4S/c1-9-14(21)18(3)24(22,23)19(9)8-13(20)17(2)7-10-11(15)5-4-6-12(10)16/h4-6,9H,7-8H2,1-3H3/t9-/m0/s1. The topological polar surface area (TPSA) is 78.0 Å². The molecule has 1 aliphatic rings. The van der Waals surface area contributed by atoms with Crippen molar-refractivity contribution < 1.29 is 22.4 Å². The summed E-state index contributed by atoms with van der Waals surface area (Å²) in [5, 5.41) is 0.173. The lowest BCUT2D eigenvalue weighted by Crippen LogP contribution is -2.43. The van der Waals surface area contributed by atoms with Crippen LogP contribution in [0.15, 0.2) is 18.2 Å². The highest BCUT2D eigenvalue weighted by molar-refractivity contribution is 7.87. The molecule has 2 rings (SSSR count). The molecule has 0 spiro atoms. The summed E-state index contributed by atoms with van der Waals surface area (Å²) in [6.45, 7) is 0.781. The Hall–Kier alpha value is -1.71. The minimum atomic E-state index is -4.01. The van der Waals surface area contributed by atoms with Gasteiger partial charge in [0.25, 0.3) is 5.91 Å². The van der Waals surface area contributed by atoms with Crippen molar-refractivity contribution in [2.24, 2.45) is 0 Å². The fraction of sp³-hybridized carbons (Fsp3) is 0.429. The summed E-state index contributed by atoms with van der Waals surface area (Å²) in [5.41, 5.74) is 0.139. The molecule has 24 heavy (non-hydrogen) atoms. The van der Waals surface area contributed by atoms with Gasteiger partial charge in [-0.25, -0.2) is 8.70 Å². The Morgan fingerprint density at radius 1 is 1.42 bits per heavy atom. The lowest BCUT2D eigenvalue weighted by Gasteiger charge is -2.23. The van der Waals surface area contributed by atoms with Gasteiger partial charge >= 0.3 is 10.2 Å². The maximum absolute atomic E-state index is 13.8. The van der Waals surface area contributed by atoms with E-state index in [9.17, 15) is 22.4 Å². The van der Waals surface area contributed by atoms with E-state index in [4.69, 9.17) is 11.6 Å². The van der Waals surface area contributed by atoms with Crippen molar-refractivity contribution in [1.29, 1.82) is 0 Å². The Labute approximate surface area is 144 Å². The molecule has 1 saturated heterocycles. The quantitative estimate of drug-likeness (QED) is 0.779. The van der Waals surface area contributed by atoms with Crippen molar-refractivity contribution in [3.63, 3.8) is 0 Å². The lowest BCUT2D eigenvalue weighted by molar-refractivity contribution is -0.131.